The van der Waals surface area contributed by atoms with E-state index in [2.05, 4.69) is 10.3 Å². The predicted octanol–water partition coefficient (Wildman–Crippen LogP) is 5.11. The molecular formula is C22H16N2O4S. The van der Waals surface area contributed by atoms with Crippen molar-refractivity contribution >= 4 is 32.6 Å². The van der Waals surface area contributed by atoms with E-state index >= 15 is 0 Å². The zero-order valence-electron chi connectivity index (χ0n) is 15.3. The van der Waals surface area contributed by atoms with E-state index in [9.17, 15) is 4.79 Å². The van der Waals surface area contributed by atoms with Crippen LogP contribution in [0.3, 0.4) is 0 Å². The number of ether oxygens (including phenoxy) is 3. The van der Waals surface area contributed by atoms with Crippen LogP contribution in [0.1, 0.15) is 10.4 Å². The minimum Gasteiger partial charge on any atom is -0.486 e. The maximum absolute atomic E-state index is 12.7. The number of hydrogen-bond donors (Lipinski definition) is 1. The summed E-state index contributed by atoms with van der Waals surface area (Å²) in [6.07, 6.45) is 0. The fraction of sp³-hybridized carbons (Fsp3) is 0.0909. The van der Waals surface area contributed by atoms with E-state index in [-0.39, 0.29) is 5.91 Å². The van der Waals surface area contributed by atoms with Crippen molar-refractivity contribution in [2.75, 3.05) is 18.5 Å². The highest BCUT2D eigenvalue weighted by Crippen LogP contribution is 2.38. The topological polar surface area (TPSA) is 69.7 Å². The van der Waals surface area contributed by atoms with Gasteiger partial charge in [-0.1, -0.05) is 35.6 Å². The number of carbonyl (C=O) groups excluding carboxylic acids is 1. The lowest BCUT2D eigenvalue weighted by atomic mass is 10.2. The Labute approximate surface area is 170 Å². The second-order valence-corrected chi connectivity index (χ2v) is 7.41. The van der Waals surface area contributed by atoms with Gasteiger partial charge in [-0.2, -0.15) is 0 Å². The number of aromatic nitrogens is 1. The van der Waals surface area contributed by atoms with Crippen LogP contribution in [-0.2, 0) is 0 Å². The molecule has 2 heterocycles. The molecule has 0 atom stereocenters. The molecule has 6 nitrogen and oxygen atoms in total. The van der Waals surface area contributed by atoms with E-state index in [0.29, 0.717) is 46.9 Å². The Morgan fingerprint density at radius 1 is 0.931 bits per heavy atom. The molecule has 0 bridgehead atoms. The summed E-state index contributed by atoms with van der Waals surface area (Å²) in [6.45, 7) is 1.05. The Balaban J connectivity index is 1.35. The van der Waals surface area contributed by atoms with Crippen LogP contribution in [0, 0.1) is 0 Å². The first-order valence-corrected chi connectivity index (χ1v) is 9.91. The van der Waals surface area contributed by atoms with Gasteiger partial charge in [-0.05, 0) is 30.3 Å². The van der Waals surface area contributed by atoms with Crippen LogP contribution in [-0.4, -0.2) is 24.1 Å². The third-order valence-corrected chi connectivity index (χ3v) is 5.28. The van der Waals surface area contributed by atoms with Crippen molar-refractivity contribution in [1.82, 2.24) is 4.98 Å². The number of hydrogen-bond acceptors (Lipinski definition) is 6. The van der Waals surface area contributed by atoms with E-state index in [1.807, 2.05) is 48.5 Å². The monoisotopic (exact) mass is 404 g/mol. The smallest absolute Gasteiger partial charge is 0.257 e. The molecule has 144 valence electrons. The van der Waals surface area contributed by atoms with E-state index < -0.39 is 0 Å². The van der Waals surface area contributed by atoms with E-state index in [1.54, 1.807) is 18.2 Å². The molecule has 4 aromatic rings. The van der Waals surface area contributed by atoms with Gasteiger partial charge in [0.1, 0.15) is 24.7 Å². The minimum atomic E-state index is -0.250. The Morgan fingerprint density at radius 2 is 1.69 bits per heavy atom. The van der Waals surface area contributed by atoms with Gasteiger partial charge in [-0.25, -0.2) is 4.98 Å². The summed E-state index contributed by atoms with van der Waals surface area (Å²) in [6, 6.07) is 20.2. The second-order valence-electron chi connectivity index (χ2n) is 6.38. The van der Waals surface area contributed by atoms with E-state index in [1.165, 1.54) is 11.3 Å². The first-order chi connectivity index (χ1) is 14.2. The number of anilines is 1. The number of benzene rings is 3. The third-order valence-electron chi connectivity index (χ3n) is 4.35. The fourth-order valence-corrected chi connectivity index (χ4v) is 3.88. The summed E-state index contributed by atoms with van der Waals surface area (Å²) in [5.41, 5.74) is 1.25. The molecule has 0 aliphatic carbocycles. The molecule has 1 amide bonds. The first kappa shape index (κ1) is 17.5. The van der Waals surface area contributed by atoms with E-state index in [4.69, 9.17) is 14.2 Å². The number of rotatable bonds is 4. The number of thiazole rings is 1. The number of nitrogens with zero attached hydrogens (tertiary/aromatic N) is 1. The largest absolute Gasteiger partial charge is 0.486 e. The molecule has 29 heavy (non-hydrogen) atoms. The summed E-state index contributed by atoms with van der Waals surface area (Å²) in [5, 5.41) is 3.38. The maximum Gasteiger partial charge on any atom is 0.257 e. The molecule has 1 aliphatic heterocycles. The van der Waals surface area contributed by atoms with Crippen LogP contribution in [0.2, 0.25) is 0 Å². The van der Waals surface area contributed by atoms with Crippen molar-refractivity contribution in [2.45, 2.75) is 0 Å². The van der Waals surface area contributed by atoms with Gasteiger partial charge in [0.15, 0.2) is 16.6 Å². The quantitative estimate of drug-likeness (QED) is 0.512. The standard InChI is InChI=1S/C22H16N2O4S/c25-21(14-5-4-8-16(11-14)28-15-6-2-1-3-7-15)24-22-23-17-12-18-19(13-20(17)29-22)27-10-9-26-18/h1-8,11-13H,9-10H2,(H,23,24,25). The van der Waals surface area contributed by atoms with Gasteiger partial charge in [-0.3, -0.25) is 10.1 Å². The molecule has 0 radical (unpaired) electrons. The summed E-state index contributed by atoms with van der Waals surface area (Å²) in [5.74, 6) is 2.44. The molecule has 0 fully saturated rings. The summed E-state index contributed by atoms with van der Waals surface area (Å²) in [4.78, 5) is 17.2. The third kappa shape index (κ3) is 3.72. The van der Waals surface area contributed by atoms with Crippen molar-refractivity contribution < 1.29 is 19.0 Å². The molecule has 3 aromatic carbocycles. The van der Waals surface area contributed by atoms with Crippen molar-refractivity contribution in [3.63, 3.8) is 0 Å². The predicted molar refractivity (Wildman–Crippen MR) is 112 cm³/mol. The summed E-state index contributed by atoms with van der Waals surface area (Å²) in [7, 11) is 0. The van der Waals surface area contributed by atoms with Crippen molar-refractivity contribution in [3.05, 3.63) is 72.3 Å². The Kier molecular flexibility index (Phi) is 4.50. The molecule has 0 unspecified atom stereocenters. The average molecular weight is 404 g/mol. The number of nitrogens with one attached hydrogen (secondary N) is 1. The van der Waals surface area contributed by atoms with Gasteiger partial charge < -0.3 is 14.2 Å². The number of carbonyl (C=O) groups is 1. The number of fused-ring (bicyclic) bond motifs is 2. The Hall–Kier alpha value is -3.58. The molecule has 1 aromatic heterocycles. The molecule has 0 saturated heterocycles. The second kappa shape index (κ2) is 7.44. The molecule has 1 aliphatic rings. The van der Waals surface area contributed by atoms with Crippen LogP contribution < -0.4 is 19.5 Å². The molecule has 0 saturated carbocycles. The SMILES string of the molecule is O=C(Nc1nc2cc3c(cc2s1)OCCO3)c1cccc(Oc2ccccc2)c1. The highest BCUT2D eigenvalue weighted by Gasteiger charge is 2.16. The number of para-hydroxylation sites is 1. The van der Waals surface area contributed by atoms with Gasteiger partial charge in [0.25, 0.3) is 5.91 Å². The normalized spacial score (nSPS) is 12.6. The average Bonchev–Trinajstić information content (AvgIpc) is 3.13. The lowest BCUT2D eigenvalue weighted by Gasteiger charge is -2.17. The van der Waals surface area contributed by atoms with Gasteiger partial charge >= 0.3 is 0 Å². The fourth-order valence-electron chi connectivity index (χ4n) is 3.01. The van der Waals surface area contributed by atoms with Crippen LogP contribution in [0.25, 0.3) is 10.2 Å². The van der Waals surface area contributed by atoms with Gasteiger partial charge in [-0.15, -0.1) is 0 Å². The molecular weight excluding hydrogens is 388 g/mol. The van der Waals surface area contributed by atoms with E-state index in [0.717, 1.165) is 10.2 Å². The van der Waals surface area contributed by atoms with Gasteiger partial charge in [0.2, 0.25) is 0 Å². The molecule has 1 N–H and O–H groups in total. The van der Waals surface area contributed by atoms with Gasteiger partial charge in [0.05, 0.1) is 10.2 Å². The summed E-state index contributed by atoms with van der Waals surface area (Å²) >= 11 is 1.39. The first-order valence-electron chi connectivity index (χ1n) is 9.09. The minimum absolute atomic E-state index is 0.250. The molecule has 5 rings (SSSR count). The maximum atomic E-state index is 12.7. The lowest BCUT2D eigenvalue weighted by molar-refractivity contribution is 0.102. The van der Waals surface area contributed by atoms with Crippen molar-refractivity contribution in [1.29, 1.82) is 0 Å². The van der Waals surface area contributed by atoms with Crippen molar-refractivity contribution in [3.8, 4) is 23.0 Å². The highest BCUT2D eigenvalue weighted by molar-refractivity contribution is 7.22. The Bertz CT molecular complexity index is 1150. The Morgan fingerprint density at radius 3 is 2.52 bits per heavy atom. The van der Waals surface area contributed by atoms with Crippen LogP contribution in [0.4, 0.5) is 5.13 Å². The summed E-state index contributed by atoms with van der Waals surface area (Å²) < 4.78 is 17.9. The molecule has 7 heteroatoms. The van der Waals surface area contributed by atoms with Crippen LogP contribution in [0.15, 0.2) is 66.7 Å². The van der Waals surface area contributed by atoms with Crippen LogP contribution in [0.5, 0.6) is 23.0 Å². The highest BCUT2D eigenvalue weighted by atomic mass is 32.1. The van der Waals surface area contributed by atoms with Crippen molar-refractivity contribution in [2.24, 2.45) is 0 Å². The zero-order chi connectivity index (χ0) is 19.6. The lowest BCUT2D eigenvalue weighted by Crippen LogP contribution is -2.15. The van der Waals surface area contributed by atoms with Crippen LogP contribution >= 0.6 is 11.3 Å². The zero-order valence-corrected chi connectivity index (χ0v) is 16.1. The van der Waals surface area contributed by atoms with Gasteiger partial charge in [0, 0.05) is 17.7 Å². The number of amides is 1. The molecule has 0 spiro atoms.